The number of hydrogen-bond acceptors (Lipinski definition) is 8. The molecule has 1 aliphatic rings. The van der Waals surface area contributed by atoms with E-state index in [0.717, 1.165) is 11.1 Å². The van der Waals surface area contributed by atoms with Gasteiger partial charge in [-0.2, -0.15) is 0 Å². The van der Waals surface area contributed by atoms with Crippen molar-refractivity contribution in [3.63, 3.8) is 0 Å². The fraction of sp³-hybridized carbons (Fsp3) is 0.381. The smallest absolute Gasteiger partial charge is 0.341 e. The zero-order chi connectivity index (χ0) is 21.7. The molecule has 30 heavy (non-hydrogen) atoms. The third kappa shape index (κ3) is 5.47. The number of carboxylic acid groups (broad SMARTS) is 1. The maximum absolute atomic E-state index is 10.5. The van der Waals surface area contributed by atoms with E-state index < -0.39 is 49.9 Å². The molecule has 0 saturated carbocycles. The van der Waals surface area contributed by atoms with Crippen molar-refractivity contribution >= 4 is 5.97 Å². The molecule has 1 saturated heterocycles. The van der Waals surface area contributed by atoms with Crippen LogP contribution in [0.15, 0.2) is 48.5 Å². The van der Waals surface area contributed by atoms with Crippen LogP contribution in [0.2, 0.25) is 0 Å². The lowest BCUT2D eigenvalue weighted by molar-refractivity contribution is -0.277. The molecule has 0 bridgehead atoms. The van der Waals surface area contributed by atoms with Crippen molar-refractivity contribution in [3.8, 4) is 11.5 Å². The third-order valence-corrected chi connectivity index (χ3v) is 4.69. The monoisotopic (exact) mass is 420 g/mol. The maximum Gasteiger partial charge on any atom is 0.341 e. The predicted molar refractivity (Wildman–Crippen MR) is 103 cm³/mol. The Labute approximate surface area is 172 Å². The number of hydrogen-bond donors (Lipinski definition) is 5. The van der Waals surface area contributed by atoms with E-state index in [0.29, 0.717) is 17.9 Å². The number of aliphatic carboxylic acids is 1. The van der Waals surface area contributed by atoms with E-state index in [4.69, 9.17) is 19.3 Å². The molecule has 2 aromatic carbocycles. The average Bonchev–Trinajstić information content (AvgIpc) is 2.74. The lowest BCUT2D eigenvalue weighted by Gasteiger charge is -2.39. The first-order chi connectivity index (χ1) is 14.4. The van der Waals surface area contributed by atoms with Crippen LogP contribution in [0.1, 0.15) is 11.1 Å². The van der Waals surface area contributed by atoms with Crippen molar-refractivity contribution in [1.29, 1.82) is 0 Å². The molecular weight excluding hydrogens is 396 g/mol. The average molecular weight is 420 g/mol. The molecule has 1 heterocycles. The van der Waals surface area contributed by atoms with E-state index in [1.807, 2.05) is 18.2 Å². The van der Waals surface area contributed by atoms with E-state index in [9.17, 15) is 25.2 Å². The van der Waals surface area contributed by atoms with Gasteiger partial charge in [0.15, 0.2) is 6.61 Å². The molecule has 162 valence electrons. The number of benzene rings is 2. The van der Waals surface area contributed by atoms with Crippen molar-refractivity contribution in [1.82, 2.24) is 0 Å². The Morgan fingerprint density at radius 2 is 1.67 bits per heavy atom. The zero-order valence-corrected chi connectivity index (χ0v) is 16.0. The summed E-state index contributed by atoms with van der Waals surface area (Å²) in [4.78, 5) is 10.5. The van der Waals surface area contributed by atoms with Crippen molar-refractivity contribution in [2.45, 2.75) is 37.1 Å². The van der Waals surface area contributed by atoms with Gasteiger partial charge in [-0.3, -0.25) is 0 Å². The van der Waals surface area contributed by atoms with Gasteiger partial charge < -0.3 is 39.7 Å². The lowest BCUT2D eigenvalue weighted by atomic mass is 9.99. The van der Waals surface area contributed by atoms with Crippen molar-refractivity contribution < 1.29 is 44.5 Å². The third-order valence-electron chi connectivity index (χ3n) is 4.69. The standard InChI is InChI=1S/C21H24O9/c22-10-16-18(25)19(26)20(27)21(30-16)29-15-3-1-2-13(9-15)8-12-4-6-14(7-5-12)28-11-17(23)24/h1-7,9,16,18-22,25-27H,8,10-11H2,(H,23,24)/t16-,18-,19+,20+,21-/m1/s1. The van der Waals surface area contributed by atoms with Crippen molar-refractivity contribution in [2.24, 2.45) is 0 Å². The second-order valence-electron chi connectivity index (χ2n) is 6.97. The maximum atomic E-state index is 10.5. The first kappa shape index (κ1) is 22.0. The summed E-state index contributed by atoms with van der Waals surface area (Å²) in [5.41, 5.74) is 1.86. The second kappa shape index (κ2) is 9.88. The minimum absolute atomic E-state index is 0.387. The Morgan fingerprint density at radius 1 is 0.933 bits per heavy atom. The van der Waals surface area contributed by atoms with E-state index in [1.165, 1.54) is 0 Å². The number of ether oxygens (including phenoxy) is 3. The summed E-state index contributed by atoms with van der Waals surface area (Å²) < 4.78 is 16.1. The van der Waals surface area contributed by atoms with E-state index in [1.54, 1.807) is 30.3 Å². The van der Waals surface area contributed by atoms with Gasteiger partial charge in [0.05, 0.1) is 6.61 Å². The number of aliphatic hydroxyl groups is 4. The molecule has 9 nitrogen and oxygen atoms in total. The van der Waals surface area contributed by atoms with Gasteiger partial charge in [-0.25, -0.2) is 4.79 Å². The first-order valence-electron chi connectivity index (χ1n) is 9.37. The largest absolute Gasteiger partial charge is 0.482 e. The summed E-state index contributed by atoms with van der Waals surface area (Å²) in [6.45, 7) is -0.937. The molecule has 1 aliphatic heterocycles. The minimum Gasteiger partial charge on any atom is -0.482 e. The number of carboxylic acids is 1. The normalized spacial score (nSPS) is 26.2. The van der Waals surface area contributed by atoms with Crippen LogP contribution in [0.4, 0.5) is 0 Å². The molecule has 0 aromatic heterocycles. The molecule has 0 amide bonds. The lowest BCUT2D eigenvalue weighted by Crippen LogP contribution is -2.60. The first-order valence-corrected chi connectivity index (χ1v) is 9.37. The van der Waals surface area contributed by atoms with Crippen LogP contribution in [-0.2, 0) is 16.0 Å². The van der Waals surface area contributed by atoms with Crippen LogP contribution < -0.4 is 9.47 Å². The summed E-state index contributed by atoms with van der Waals surface area (Å²) >= 11 is 0. The van der Waals surface area contributed by atoms with Gasteiger partial charge in [0.2, 0.25) is 6.29 Å². The molecule has 5 N–H and O–H groups in total. The zero-order valence-electron chi connectivity index (χ0n) is 16.0. The van der Waals surface area contributed by atoms with Gasteiger partial charge >= 0.3 is 5.97 Å². The molecule has 3 rings (SSSR count). The predicted octanol–water partition coefficient (Wildman–Crippen LogP) is -0.0805. The van der Waals surface area contributed by atoms with Gasteiger partial charge in [-0.15, -0.1) is 0 Å². The topological polar surface area (TPSA) is 146 Å². The number of aliphatic hydroxyl groups excluding tert-OH is 4. The van der Waals surface area contributed by atoms with Gasteiger partial charge in [0.25, 0.3) is 0 Å². The second-order valence-corrected chi connectivity index (χ2v) is 6.97. The Morgan fingerprint density at radius 3 is 2.33 bits per heavy atom. The Kier molecular flexibility index (Phi) is 7.24. The molecule has 5 atom stereocenters. The van der Waals surface area contributed by atoms with Crippen LogP contribution in [-0.4, -0.2) is 75.4 Å². The molecule has 0 spiro atoms. The highest BCUT2D eigenvalue weighted by Gasteiger charge is 2.44. The Bertz CT molecular complexity index is 837. The highest BCUT2D eigenvalue weighted by atomic mass is 16.7. The number of carbonyl (C=O) groups is 1. The Balaban J connectivity index is 1.64. The van der Waals surface area contributed by atoms with Crippen molar-refractivity contribution in [2.75, 3.05) is 13.2 Å². The summed E-state index contributed by atoms with van der Waals surface area (Å²) in [6.07, 6.45) is -6.17. The molecule has 0 unspecified atom stereocenters. The van der Waals surface area contributed by atoms with Gasteiger partial charge in [-0.05, 0) is 41.8 Å². The molecule has 0 aliphatic carbocycles. The van der Waals surface area contributed by atoms with Crippen LogP contribution >= 0.6 is 0 Å². The summed E-state index contributed by atoms with van der Waals surface area (Å²) in [5, 5.41) is 47.7. The van der Waals surface area contributed by atoms with Crippen molar-refractivity contribution in [3.05, 3.63) is 59.7 Å². The minimum atomic E-state index is -1.51. The van der Waals surface area contributed by atoms with E-state index in [2.05, 4.69) is 0 Å². The molecule has 1 fully saturated rings. The molecule has 9 heteroatoms. The van der Waals surface area contributed by atoms with Gasteiger partial charge in [0, 0.05) is 0 Å². The van der Waals surface area contributed by atoms with E-state index in [-0.39, 0.29) is 0 Å². The SMILES string of the molecule is O=C(O)COc1ccc(Cc2cccc(O[C@@H]3O[C@H](CO)[C@@H](O)[C@H](O)[C@@H]3O)c2)cc1. The Hall–Kier alpha value is -2.69. The molecule has 0 radical (unpaired) electrons. The van der Waals surface area contributed by atoms with Crippen LogP contribution in [0.3, 0.4) is 0 Å². The van der Waals surface area contributed by atoms with Gasteiger partial charge in [0.1, 0.15) is 35.9 Å². The molecule has 2 aromatic rings. The highest BCUT2D eigenvalue weighted by Crippen LogP contribution is 2.25. The fourth-order valence-electron chi connectivity index (χ4n) is 3.11. The summed E-state index contributed by atoms with van der Waals surface area (Å²) in [7, 11) is 0. The van der Waals surface area contributed by atoms with E-state index >= 15 is 0 Å². The quantitative estimate of drug-likeness (QED) is 0.396. The summed E-state index contributed by atoms with van der Waals surface area (Å²) in [5.74, 6) is -0.200. The highest BCUT2D eigenvalue weighted by molar-refractivity contribution is 5.68. The fourth-order valence-corrected chi connectivity index (χ4v) is 3.11. The van der Waals surface area contributed by atoms with Crippen LogP contribution in [0.25, 0.3) is 0 Å². The van der Waals surface area contributed by atoms with Crippen LogP contribution in [0.5, 0.6) is 11.5 Å². The number of rotatable bonds is 8. The molecular formula is C21H24O9. The van der Waals surface area contributed by atoms with Crippen LogP contribution in [0, 0.1) is 0 Å². The van der Waals surface area contributed by atoms with Gasteiger partial charge in [-0.1, -0.05) is 24.3 Å². The summed E-state index contributed by atoms with van der Waals surface area (Å²) in [6, 6.07) is 14.1.